The quantitative estimate of drug-likeness (QED) is 0.812. The zero-order valence-corrected chi connectivity index (χ0v) is 13.5. The van der Waals surface area contributed by atoms with Gasteiger partial charge in [-0.05, 0) is 43.9 Å². The van der Waals surface area contributed by atoms with Gasteiger partial charge in [-0.15, -0.1) is 0 Å². The van der Waals surface area contributed by atoms with Gasteiger partial charge in [0.05, 0.1) is 6.04 Å². The number of halogens is 1. The maximum absolute atomic E-state index is 11.9. The number of hydrogen-bond donors (Lipinski definition) is 2. The van der Waals surface area contributed by atoms with Crippen molar-refractivity contribution in [2.75, 3.05) is 6.54 Å². The van der Waals surface area contributed by atoms with Gasteiger partial charge in [-0.2, -0.15) is 0 Å². The van der Waals surface area contributed by atoms with Gasteiger partial charge in [0, 0.05) is 17.6 Å². The van der Waals surface area contributed by atoms with Crippen LogP contribution in [-0.4, -0.2) is 24.5 Å². The molecule has 0 aromatic heterocycles. The molecule has 2 N–H and O–H groups in total. The van der Waals surface area contributed by atoms with E-state index in [4.69, 9.17) is 11.6 Å². The lowest BCUT2D eigenvalue weighted by Gasteiger charge is -2.20. The van der Waals surface area contributed by atoms with Crippen LogP contribution in [0.1, 0.15) is 33.3 Å². The fourth-order valence-corrected chi connectivity index (χ4v) is 2.12. The molecule has 1 aromatic carbocycles. The van der Waals surface area contributed by atoms with E-state index in [1.807, 2.05) is 31.2 Å². The molecule has 2 atom stereocenters. The van der Waals surface area contributed by atoms with Crippen molar-refractivity contribution >= 4 is 17.5 Å². The van der Waals surface area contributed by atoms with E-state index >= 15 is 0 Å². The van der Waals surface area contributed by atoms with Crippen molar-refractivity contribution in [3.05, 3.63) is 34.9 Å². The number of rotatable bonds is 7. The van der Waals surface area contributed by atoms with Crippen molar-refractivity contribution in [2.24, 2.45) is 5.92 Å². The average molecular weight is 297 g/mol. The van der Waals surface area contributed by atoms with Crippen LogP contribution in [0.3, 0.4) is 0 Å². The summed E-state index contributed by atoms with van der Waals surface area (Å²) in [6.45, 7) is 8.87. The summed E-state index contributed by atoms with van der Waals surface area (Å²) in [5, 5.41) is 7.01. The van der Waals surface area contributed by atoms with Gasteiger partial charge in [-0.3, -0.25) is 4.79 Å². The zero-order chi connectivity index (χ0) is 15.1. The van der Waals surface area contributed by atoms with Crippen molar-refractivity contribution in [1.82, 2.24) is 10.6 Å². The number of carbonyl (C=O) groups excluding carboxylic acids is 1. The largest absolute Gasteiger partial charge is 0.354 e. The third-order valence-corrected chi connectivity index (χ3v) is 3.32. The van der Waals surface area contributed by atoms with Crippen molar-refractivity contribution in [3.8, 4) is 0 Å². The van der Waals surface area contributed by atoms with Crippen LogP contribution < -0.4 is 10.6 Å². The molecular formula is C16H25ClN2O. The smallest absolute Gasteiger partial charge is 0.236 e. The van der Waals surface area contributed by atoms with E-state index in [9.17, 15) is 4.79 Å². The standard InChI is InChI=1S/C16H25ClN2O/c1-11(2)10-18-16(20)13(4)19-12(3)9-14-5-7-15(17)8-6-14/h5-8,11-13,19H,9-10H2,1-4H3,(H,18,20). The Morgan fingerprint density at radius 3 is 2.30 bits per heavy atom. The normalized spacial score (nSPS) is 14.1. The van der Waals surface area contributed by atoms with Crippen LogP contribution in [0.15, 0.2) is 24.3 Å². The van der Waals surface area contributed by atoms with E-state index in [1.165, 1.54) is 5.56 Å². The van der Waals surface area contributed by atoms with E-state index in [-0.39, 0.29) is 18.0 Å². The van der Waals surface area contributed by atoms with E-state index in [1.54, 1.807) is 0 Å². The van der Waals surface area contributed by atoms with Crippen LogP contribution in [0.5, 0.6) is 0 Å². The molecule has 0 aliphatic heterocycles. The summed E-state index contributed by atoms with van der Waals surface area (Å²) in [6.07, 6.45) is 0.874. The molecule has 3 nitrogen and oxygen atoms in total. The molecule has 0 radical (unpaired) electrons. The first kappa shape index (κ1) is 17.0. The molecule has 0 saturated heterocycles. The third kappa shape index (κ3) is 6.40. The number of benzene rings is 1. The molecule has 112 valence electrons. The summed E-state index contributed by atoms with van der Waals surface area (Å²) < 4.78 is 0. The van der Waals surface area contributed by atoms with Gasteiger partial charge in [0.25, 0.3) is 0 Å². The lowest BCUT2D eigenvalue weighted by Crippen LogP contribution is -2.47. The van der Waals surface area contributed by atoms with Crippen LogP contribution >= 0.6 is 11.6 Å². The van der Waals surface area contributed by atoms with Crippen LogP contribution in [0.2, 0.25) is 5.02 Å². The summed E-state index contributed by atoms with van der Waals surface area (Å²) in [6, 6.07) is 7.87. The molecule has 0 aliphatic carbocycles. The number of amides is 1. The van der Waals surface area contributed by atoms with Crippen LogP contribution in [0, 0.1) is 5.92 Å². The molecule has 1 amide bonds. The second-order valence-electron chi connectivity index (χ2n) is 5.76. The molecule has 0 fully saturated rings. The molecule has 0 heterocycles. The second kappa shape index (κ2) is 8.28. The fraction of sp³-hybridized carbons (Fsp3) is 0.562. The van der Waals surface area contributed by atoms with Crippen molar-refractivity contribution in [1.29, 1.82) is 0 Å². The lowest BCUT2D eigenvalue weighted by molar-refractivity contribution is -0.123. The number of hydrogen-bond acceptors (Lipinski definition) is 2. The fourth-order valence-electron chi connectivity index (χ4n) is 1.99. The Hall–Kier alpha value is -1.06. The molecule has 20 heavy (non-hydrogen) atoms. The summed E-state index contributed by atoms with van der Waals surface area (Å²) in [4.78, 5) is 11.9. The van der Waals surface area contributed by atoms with Crippen LogP contribution in [-0.2, 0) is 11.2 Å². The maximum Gasteiger partial charge on any atom is 0.236 e. The Morgan fingerprint density at radius 2 is 1.75 bits per heavy atom. The second-order valence-corrected chi connectivity index (χ2v) is 6.20. The predicted molar refractivity (Wildman–Crippen MR) is 85.1 cm³/mol. The molecular weight excluding hydrogens is 272 g/mol. The Bertz CT molecular complexity index is 417. The highest BCUT2D eigenvalue weighted by Gasteiger charge is 2.15. The molecule has 4 heteroatoms. The van der Waals surface area contributed by atoms with Gasteiger partial charge in [0.15, 0.2) is 0 Å². The van der Waals surface area contributed by atoms with Crippen molar-refractivity contribution < 1.29 is 4.79 Å². The van der Waals surface area contributed by atoms with Crippen LogP contribution in [0.25, 0.3) is 0 Å². The highest BCUT2D eigenvalue weighted by atomic mass is 35.5. The maximum atomic E-state index is 11.9. The van der Waals surface area contributed by atoms with Gasteiger partial charge < -0.3 is 10.6 Å². The number of nitrogens with one attached hydrogen (secondary N) is 2. The predicted octanol–water partition coefficient (Wildman–Crippen LogP) is 3.02. The molecule has 0 saturated carbocycles. The lowest BCUT2D eigenvalue weighted by atomic mass is 10.1. The topological polar surface area (TPSA) is 41.1 Å². The zero-order valence-electron chi connectivity index (χ0n) is 12.7. The van der Waals surface area contributed by atoms with E-state index in [2.05, 4.69) is 31.4 Å². The van der Waals surface area contributed by atoms with Gasteiger partial charge >= 0.3 is 0 Å². The highest BCUT2D eigenvalue weighted by molar-refractivity contribution is 6.30. The van der Waals surface area contributed by atoms with Crippen molar-refractivity contribution in [3.63, 3.8) is 0 Å². The summed E-state index contributed by atoms with van der Waals surface area (Å²) in [5.74, 6) is 0.527. The summed E-state index contributed by atoms with van der Waals surface area (Å²) in [5.41, 5.74) is 1.21. The van der Waals surface area contributed by atoms with E-state index in [0.717, 1.165) is 18.0 Å². The molecule has 2 unspecified atom stereocenters. The molecule has 0 bridgehead atoms. The first-order chi connectivity index (χ1) is 9.38. The molecule has 0 spiro atoms. The van der Waals surface area contributed by atoms with E-state index < -0.39 is 0 Å². The highest BCUT2D eigenvalue weighted by Crippen LogP contribution is 2.11. The number of carbonyl (C=O) groups is 1. The monoisotopic (exact) mass is 296 g/mol. The minimum Gasteiger partial charge on any atom is -0.354 e. The Balaban J connectivity index is 2.39. The molecule has 1 rings (SSSR count). The molecule has 1 aromatic rings. The average Bonchev–Trinajstić information content (AvgIpc) is 2.38. The first-order valence-corrected chi connectivity index (χ1v) is 7.54. The molecule has 0 aliphatic rings. The first-order valence-electron chi connectivity index (χ1n) is 7.16. The SMILES string of the molecule is CC(C)CNC(=O)C(C)NC(C)Cc1ccc(Cl)cc1. The van der Waals surface area contributed by atoms with Gasteiger partial charge in [0.1, 0.15) is 0 Å². The van der Waals surface area contributed by atoms with Gasteiger partial charge in [0.2, 0.25) is 5.91 Å². The third-order valence-electron chi connectivity index (χ3n) is 3.07. The summed E-state index contributed by atoms with van der Waals surface area (Å²) in [7, 11) is 0. The van der Waals surface area contributed by atoms with Crippen LogP contribution in [0.4, 0.5) is 0 Å². The van der Waals surface area contributed by atoms with Crippen molar-refractivity contribution in [2.45, 2.75) is 46.2 Å². The van der Waals surface area contributed by atoms with Gasteiger partial charge in [-0.1, -0.05) is 37.6 Å². The summed E-state index contributed by atoms with van der Waals surface area (Å²) >= 11 is 5.87. The van der Waals surface area contributed by atoms with Gasteiger partial charge in [-0.25, -0.2) is 0 Å². The Labute approximate surface area is 127 Å². The Kier molecular flexibility index (Phi) is 7.03. The minimum atomic E-state index is -0.184. The Morgan fingerprint density at radius 1 is 1.15 bits per heavy atom. The van der Waals surface area contributed by atoms with E-state index in [0.29, 0.717) is 5.92 Å². The minimum absolute atomic E-state index is 0.0571.